The zero-order chi connectivity index (χ0) is 18.7. The first kappa shape index (κ1) is 17.2. The summed E-state index contributed by atoms with van der Waals surface area (Å²) in [6.07, 6.45) is 0. The Morgan fingerprint density at radius 3 is 2.62 bits per heavy atom. The molecule has 132 valence electrons. The van der Waals surface area contributed by atoms with Crippen molar-refractivity contribution in [2.45, 2.75) is 6.92 Å². The van der Waals surface area contributed by atoms with E-state index < -0.39 is 5.97 Å². The number of anilines is 3. The van der Waals surface area contributed by atoms with Gasteiger partial charge >= 0.3 is 5.97 Å². The minimum Gasteiger partial charge on any atom is -0.465 e. The smallest absolute Gasteiger partial charge is 0.337 e. The Hall–Kier alpha value is -3.61. The summed E-state index contributed by atoms with van der Waals surface area (Å²) in [5.74, 6) is -0.0140. The number of carbonyl (C=O) groups is 1. The van der Waals surface area contributed by atoms with Crippen molar-refractivity contribution in [1.82, 2.24) is 9.78 Å². The molecule has 0 amide bonds. The molecule has 0 aliphatic carbocycles. The molecule has 1 aromatic heterocycles. The van der Waals surface area contributed by atoms with E-state index in [9.17, 15) is 9.59 Å². The Balaban J connectivity index is 1.95. The van der Waals surface area contributed by atoms with E-state index in [2.05, 4.69) is 15.2 Å². The first-order valence-corrected chi connectivity index (χ1v) is 7.91. The second kappa shape index (κ2) is 7.10. The van der Waals surface area contributed by atoms with Gasteiger partial charge in [-0.3, -0.25) is 4.79 Å². The molecule has 2 aromatic carbocycles. The number of para-hydroxylation sites is 1. The Bertz CT molecular complexity index is 1030. The Morgan fingerprint density at radius 2 is 1.92 bits per heavy atom. The number of nitrogens with two attached hydrogens (primary N) is 1. The quantitative estimate of drug-likeness (QED) is 0.554. The number of hydrogen-bond acceptors (Lipinski definition) is 6. The van der Waals surface area contributed by atoms with Gasteiger partial charge < -0.3 is 15.8 Å². The number of nitrogens with zero attached hydrogens (tertiary/aromatic N) is 2. The fourth-order valence-electron chi connectivity index (χ4n) is 2.51. The van der Waals surface area contributed by atoms with Crippen molar-refractivity contribution in [3.05, 3.63) is 76.1 Å². The van der Waals surface area contributed by atoms with Crippen molar-refractivity contribution < 1.29 is 9.53 Å². The molecule has 3 aromatic rings. The molecule has 0 radical (unpaired) electrons. The molecule has 0 atom stereocenters. The van der Waals surface area contributed by atoms with Crippen LogP contribution in [0.4, 0.5) is 17.2 Å². The number of methoxy groups -OCH3 is 1. The lowest BCUT2D eigenvalue weighted by atomic mass is 10.1. The van der Waals surface area contributed by atoms with Gasteiger partial charge in [-0.2, -0.15) is 4.68 Å². The van der Waals surface area contributed by atoms with Crippen molar-refractivity contribution in [2.75, 3.05) is 18.2 Å². The zero-order valence-corrected chi connectivity index (χ0v) is 14.4. The van der Waals surface area contributed by atoms with Crippen LogP contribution in [0, 0.1) is 6.92 Å². The van der Waals surface area contributed by atoms with Crippen LogP contribution in [-0.2, 0) is 4.74 Å². The molecular formula is C19H18N4O3. The van der Waals surface area contributed by atoms with E-state index in [1.54, 1.807) is 18.2 Å². The number of nitrogen functional groups attached to an aromatic ring is 1. The third-order valence-electron chi connectivity index (χ3n) is 3.88. The molecular weight excluding hydrogens is 332 g/mol. The van der Waals surface area contributed by atoms with Gasteiger partial charge in [0.05, 0.1) is 29.7 Å². The van der Waals surface area contributed by atoms with Crippen LogP contribution < -0.4 is 16.6 Å². The average Bonchev–Trinajstić information content (AvgIpc) is 2.65. The molecule has 0 spiro atoms. The first-order valence-electron chi connectivity index (χ1n) is 7.91. The Morgan fingerprint density at radius 1 is 1.15 bits per heavy atom. The van der Waals surface area contributed by atoms with E-state index in [1.165, 1.54) is 23.9 Å². The van der Waals surface area contributed by atoms with Gasteiger partial charge in [-0.05, 0) is 42.8 Å². The van der Waals surface area contributed by atoms with E-state index >= 15 is 0 Å². The number of hydrogen-bond donors (Lipinski definition) is 2. The van der Waals surface area contributed by atoms with E-state index in [0.29, 0.717) is 28.4 Å². The number of esters is 1. The minimum absolute atomic E-state index is 0.237. The maximum Gasteiger partial charge on any atom is 0.337 e. The number of rotatable bonds is 4. The predicted octanol–water partition coefficient (Wildman–Crippen LogP) is 2.65. The van der Waals surface area contributed by atoms with Gasteiger partial charge in [0, 0.05) is 6.07 Å². The molecule has 0 unspecified atom stereocenters. The van der Waals surface area contributed by atoms with Gasteiger partial charge in [0.15, 0.2) is 5.82 Å². The summed E-state index contributed by atoms with van der Waals surface area (Å²) >= 11 is 0. The molecule has 0 aliphatic heterocycles. The number of aromatic nitrogens is 2. The summed E-state index contributed by atoms with van der Waals surface area (Å²) in [4.78, 5) is 23.8. The normalized spacial score (nSPS) is 10.4. The van der Waals surface area contributed by atoms with Crippen LogP contribution in [0.2, 0.25) is 0 Å². The third-order valence-corrected chi connectivity index (χ3v) is 3.88. The lowest BCUT2D eigenvalue weighted by Gasteiger charge is -2.12. The molecule has 0 bridgehead atoms. The molecule has 7 heteroatoms. The summed E-state index contributed by atoms with van der Waals surface area (Å²) in [6, 6.07) is 15.3. The van der Waals surface area contributed by atoms with Crippen molar-refractivity contribution in [2.24, 2.45) is 0 Å². The van der Waals surface area contributed by atoms with Crippen LogP contribution in [0.25, 0.3) is 5.69 Å². The topological polar surface area (TPSA) is 99.2 Å². The SMILES string of the molecule is COC(=O)c1ccc(Nc2ccc(=O)n(-c3ccccc3C)n2)c(N)c1. The lowest BCUT2D eigenvalue weighted by Crippen LogP contribution is -2.21. The molecule has 3 rings (SSSR count). The van der Waals surface area contributed by atoms with E-state index in [-0.39, 0.29) is 5.56 Å². The maximum absolute atomic E-state index is 12.2. The Kier molecular flexibility index (Phi) is 4.70. The molecule has 7 nitrogen and oxygen atoms in total. The zero-order valence-electron chi connectivity index (χ0n) is 14.4. The molecule has 0 saturated heterocycles. The summed E-state index contributed by atoms with van der Waals surface area (Å²) in [5.41, 5.74) is 8.69. The van der Waals surface area contributed by atoms with Crippen molar-refractivity contribution in [1.29, 1.82) is 0 Å². The molecule has 0 aliphatic rings. The van der Waals surface area contributed by atoms with E-state index in [1.807, 2.05) is 31.2 Å². The highest BCUT2D eigenvalue weighted by molar-refractivity contribution is 5.92. The number of ether oxygens (including phenoxy) is 1. The first-order chi connectivity index (χ1) is 12.5. The van der Waals surface area contributed by atoms with Gasteiger partial charge in [-0.1, -0.05) is 18.2 Å². The van der Waals surface area contributed by atoms with Crippen molar-refractivity contribution in [3.63, 3.8) is 0 Å². The van der Waals surface area contributed by atoms with Crippen LogP contribution in [-0.4, -0.2) is 22.9 Å². The van der Waals surface area contributed by atoms with Gasteiger partial charge in [0.25, 0.3) is 5.56 Å². The predicted molar refractivity (Wildman–Crippen MR) is 100 cm³/mol. The number of carbonyl (C=O) groups excluding carboxylic acids is 1. The third kappa shape index (κ3) is 3.41. The van der Waals surface area contributed by atoms with Crippen molar-refractivity contribution in [3.8, 4) is 5.69 Å². The molecule has 26 heavy (non-hydrogen) atoms. The monoisotopic (exact) mass is 350 g/mol. The van der Waals surface area contributed by atoms with Gasteiger partial charge in [-0.25, -0.2) is 4.79 Å². The van der Waals surface area contributed by atoms with E-state index in [0.717, 1.165) is 5.56 Å². The second-order valence-electron chi connectivity index (χ2n) is 5.67. The van der Waals surface area contributed by atoms with Crippen LogP contribution in [0.1, 0.15) is 15.9 Å². The fourth-order valence-corrected chi connectivity index (χ4v) is 2.51. The largest absolute Gasteiger partial charge is 0.465 e. The highest BCUT2D eigenvalue weighted by atomic mass is 16.5. The number of nitrogens with one attached hydrogen (secondary N) is 1. The van der Waals surface area contributed by atoms with Crippen LogP contribution in [0.3, 0.4) is 0 Å². The second-order valence-corrected chi connectivity index (χ2v) is 5.67. The standard InChI is InChI=1S/C19H18N4O3/c1-12-5-3-4-6-16(12)23-18(24)10-9-17(22-23)21-15-8-7-13(11-14(15)20)19(25)26-2/h3-11H,20H2,1-2H3,(H,21,22). The minimum atomic E-state index is -0.463. The summed E-state index contributed by atoms with van der Waals surface area (Å²) in [7, 11) is 1.31. The summed E-state index contributed by atoms with van der Waals surface area (Å²) < 4.78 is 6.00. The van der Waals surface area contributed by atoms with Crippen LogP contribution in [0.5, 0.6) is 0 Å². The molecule has 0 fully saturated rings. The fraction of sp³-hybridized carbons (Fsp3) is 0.105. The number of aryl methyl sites for hydroxylation is 1. The van der Waals surface area contributed by atoms with Crippen molar-refractivity contribution >= 4 is 23.2 Å². The highest BCUT2D eigenvalue weighted by Gasteiger charge is 2.10. The molecule has 0 saturated carbocycles. The summed E-state index contributed by atoms with van der Waals surface area (Å²) in [6.45, 7) is 1.91. The van der Waals surface area contributed by atoms with Gasteiger partial charge in [-0.15, -0.1) is 5.10 Å². The van der Waals surface area contributed by atoms with Crippen LogP contribution in [0.15, 0.2) is 59.4 Å². The summed E-state index contributed by atoms with van der Waals surface area (Å²) in [5, 5.41) is 7.42. The highest BCUT2D eigenvalue weighted by Crippen LogP contribution is 2.23. The van der Waals surface area contributed by atoms with Gasteiger partial charge in [0.2, 0.25) is 0 Å². The Labute approximate surface area is 150 Å². The van der Waals surface area contributed by atoms with Gasteiger partial charge in [0.1, 0.15) is 0 Å². The van der Waals surface area contributed by atoms with E-state index in [4.69, 9.17) is 5.73 Å². The van der Waals surface area contributed by atoms with Crippen LogP contribution >= 0.6 is 0 Å². The molecule has 1 heterocycles. The number of benzene rings is 2. The lowest BCUT2D eigenvalue weighted by molar-refractivity contribution is 0.0601. The average molecular weight is 350 g/mol. The molecule has 3 N–H and O–H groups in total. The maximum atomic E-state index is 12.2.